The molecular weight excluding hydrogens is 166 g/mol. The molecule has 0 rings (SSSR count). The van der Waals surface area contributed by atoms with Gasteiger partial charge in [-0.1, -0.05) is 0 Å². The molecule has 0 atom stereocenters. The average molecular weight is 187 g/mol. The molecule has 1 N–H and O–H groups in total. The lowest BCUT2D eigenvalue weighted by Gasteiger charge is -2.18. The maximum absolute atomic E-state index is 11.2. The molecule has 3 nitrogen and oxygen atoms in total. The van der Waals surface area contributed by atoms with Crippen LogP contribution in [-0.2, 0) is 9.53 Å². The second kappa shape index (κ2) is 6.11. The number of ketones is 1. The molecule has 13 heavy (non-hydrogen) atoms. The van der Waals surface area contributed by atoms with Gasteiger partial charge in [0.05, 0.1) is 12.2 Å². The van der Waals surface area contributed by atoms with Gasteiger partial charge in [0.2, 0.25) is 0 Å². The van der Waals surface area contributed by atoms with Gasteiger partial charge in [-0.15, -0.1) is 0 Å². The number of carbonyl (C=O) groups excluding carboxylic acids is 1. The Kier molecular flexibility index (Phi) is 5.91. The first-order valence-electron chi connectivity index (χ1n) is 4.76. The zero-order valence-electron chi connectivity index (χ0n) is 9.14. The van der Waals surface area contributed by atoms with Crippen LogP contribution in [0.15, 0.2) is 0 Å². The van der Waals surface area contributed by atoms with Gasteiger partial charge in [-0.25, -0.2) is 0 Å². The van der Waals surface area contributed by atoms with Crippen LogP contribution in [0.1, 0.15) is 33.6 Å². The third kappa shape index (κ3) is 9.50. The van der Waals surface area contributed by atoms with Crippen LogP contribution in [0, 0.1) is 0 Å². The van der Waals surface area contributed by atoms with Crippen molar-refractivity contribution in [1.29, 1.82) is 0 Å². The van der Waals surface area contributed by atoms with E-state index >= 15 is 0 Å². The molecule has 0 fully saturated rings. The summed E-state index contributed by atoms with van der Waals surface area (Å²) in [6.07, 6.45) is 1.13. The van der Waals surface area contributed by atoms with Crippen molar-refractivity contribution < 1.29 is 9.53 Å². The van der Waals surface area contributed by atoms with E-state index in [1.54, 1.807) is 0 Å². The summed E-state index contributed by atoms with van der Waals surface area (Å²) in [6, 6.07) is 0. The van der Waals surface area contributed by atoms with Crippen molar-refractivity contribution in [1.82, 2.24) is 5.32 Å². The predicted molar refractivity (Wildman–Crippen MR) is 53.9 cm³/mol. The Labute approximate surface area is 80.8 Å². The van der Waals surface area contributed by atoms with E-state index in [9.17, 15) is 4.79 Å². The zero-order chi connectivity index (χ0) is 10.3. The molecule has 0 aromatic carbocycles. The fourth-order valence-corrected chi connectivity index (χ4v) is 0.860. The van der Waals surface area contributed by atoms with Crippen molar-refractivity contribution in [2.45, 2.75) is 39.2 Å². The van der Waals surface area contributed by atoms with Crippen molar-refractivity contribution in [3.8, 4) is 0 Å². The van der Waals surface area contributed by atoms with E-state index < -0.39 is 0 Å². The second-order valence-electron chi connectivity index (χ2n) is 4.10. The van der Waals surface area contributed by atoms with Gasteiger partial charge in [-0.2, -0.15) is 0 Å². The SMILES string of the molecule is CNCCC(=O)CCOC(C)(C)C. The molecule has 3 heteroatoms. The number of carbonyl (C=O) groups is 1. The van der Waals surface area contributed by atoms with E-state index in [2.05, 4.69) is 5.32 Å². The predicted octanol–water partition coefficient (Wildman–Crippen LogP) is 1.37. The summed E-state index contributed by atoms with van der Waals surface area (Å²) < 4.78 is 5.44. The lowest BCUT2D eigenvalue weighted by Crippen LogP contribution is -2.21. The molecule has 0 aromatic rings. The van der Waals surface area contributed by atoms with E-state index in [-0.39, 0.29) is 11.4 Å². The smallest absolute Gasteiger partial charge is 0.136 e. The van der Waals surface area contributed by atoms with Gasteiger partial charge in [-0.3, -0.25) is 4.79 Å². The molecule has 0 heterocycles. The minimum atomic E-state index is -0.136. The van der Waals surface area contributed by atoms with Crippen LogP contribution in [-0.4, -0.2) is 31.6 Å². The van der Waals surface area contributed by atoms with Crippen molar-refractivity contribution in [2.24, 2.45) is 0 Å². The Morgan fingerprint density at radius 1 is 1.31 bits per heavy atom. The Balaban J connectivity index is 3.37. The zero-order valence-corrected chi connectivity index (χ0v) is 9.14. The van der Waals surface area contributed by atoms with Gasteiger partial charge in [-0.05, 0) is 27.8 Å². The maximum atomic E-state index is 11.2. The summed E-state index contributed by atoms with van der Waals surface area (Å²) in [5.41, 5.74) is -0.136. The molecule has 0 radical (unpaired) electrons. The minimum Gasteiger partial charge on any atom is -0.375 e. The van der Waals surface area contributed by atoms with E-state index in [4.69, 9.17) is 4.74 Å². The number of ether oxygens (including phenoxy) is 1. The van der Waals surface area contributed by atoms with Crippen LogP contribution in [0.5, 0.6) is 0 Å². The third-order valence-electron chi connectivity index (χ3n) is 1.57. The highest BCUT2D eigenvalue weighted by atomic mass is 16.5. The third-order valence-corrected chi connectivity index (χ3v) is 1.57. The average Bonchev–Trinajstić information content (AvgIpc) is 1.98. The van der Waals surface area contributed by atoms with Crippen LogP contribution in [0.2, 0.25) is 0 Å². The lowest BCUT2D eigenvalue weighted by molar-refractivity contribution is -0.121. The summed E-state index contributed by atoms with van der Waals surface area (Å²) in [6.45, 7) is 7.27. The van der Waals surface area contributed by atoms with Crippen molar-refractivity contribution in [2.75, 3.05) is 20.2 Å². The first-order chi connectivity index (χ1) is 5.95. The minimum absolute atomic E-state index is 0.136. The van der Waals surface area contributed by atoms with E-state index in [1.807, 2.05) is 27.8 Å². The van der Waals surface area contributed by atoms with E-state index in [0.29, 0.717) is 19.4 Å². The number of hydrogen-bond donors (Lipinski definition) is 1. The van der Waals surface area contributed by atoms with Gasteiger partial charge in [0.1, 0.15) is 5.78 Å². The molecule has 0 aliphatic rings. The quantitative estimate of drug-likeness (QED) is 0.682. The van der Waals surface area contributed by atoms with Crippen LogP contribution in [0.3, 0.4) is 0 Å². The summed E-state index contributed by atoms with van der Waals surface area (Å²) in [4.78, 5) is 11.2. The molecule has 0 spiro atoms. The Morgan fingerprint density at radius 2 is 1.92 bits per heavy atom. The van der Waals surface area contributed by atoms with E-state index in [1.165, 1.54) is 0 Å². The van der Waals surface area contributed by atoms with Gasteiger partial charge in [0.25, 0.3) is 0 Å². The number of rotatable bonds is 6. The first kappa shape index (κ1) is 12.6. The molecule has 78 valence electrons. The summed E-state index contributed by atoms with van der Waals surface area (Å²) in [5.74, 6) is 0.263. The molecule has 0 unspecified atom stereocenters. The van der Waals surface area contributed by atoms with Crippen molar-refractivity contribution >= 4 is 5.78 Å². The van der Waals surface area contributed by atoms with Gasteiger partial charge in [0, 0.05) is 19.4 Å². The van der Waals surface area contributed by atoms with Crippen LogP contribution in [0.25, 0.3) is 0 Å². The summed E-state index contributed by atoms with van der Waals surface area (Å²) in [5, 5.41) is 2.94. The Bertz CT molecular complexity index is 149. The monoisotopic (exact) mass is 187 g/mol. The molecule has 0 saturated carbocycles. The fourth-order valence-electron chi connectivity index (χ4n) is 0.860. The topological polar surface area (TPSA) is 38.3 Å². The van der Waals surface area contributed by atoms with Crippen molar-refractivity contribution in [3.63, 3.8) is 0 Å². The molecule has 0 aliphatic carbocycles. The lowest BCUT2D eigenvalue weighted by atomic mass is 10.2. The maximum Gasteiger partial charge on any atom is 0.136 e. The number of hydrogen-bond acceptors (Lipinski definition) is 3. The number of nitrogens with one attached hydrogen (secondary N) is 1. The highest BCUT2D eigenvalue weighted by Gasteiger charge is 2.10. The summed E-state index contributed by atoms with van der Waals surface area (Å²) in [7, 11) is 1.85. The molecule has 0 aromatic heterocycles. The van der Waals surface area contributed by atoms with E-state index in [0.717, 1.165) is 6.54 Å². The Morgan fingerprint density at radius 3 is 2.38 bits per heavy atom. The van der Waals surface area contributed by atoms with Crippen LogP contribution < -0.4 is 5.32 Å². The first-order valence-corrected chi connectivity index (χ1v) is 4.76. The van der Waals surface area contributed by atoms with Gasteiger partial charge < -0.3 is 10.1 Å². The van der Waals surface area contributed by atoms with Crippen molar-refractivity contribution in [3.05, 3.63) is 0 Å². The standard InChI is InChI=1S/C10H21NO2/c1-10(2,3)13-8-6-9(12)5-7-11-4/h11H,5-8H2,1-4H3. The van der Waals surface area contributed by atoms with Crippen LogP contribution >= 0.6 is 0 Å². The molecule has 0 saturated heterocycles. The molecule has 0 aliphatic heterocycles. The highest BCUT2D eigenvalue weighted by Crippen LogP contribution is 2.07. The summed E-state index contributed by atoms with van der Waals surface area (Å²) >= 11 is 0. The van der Waals surface area contributed by atoms with Crippen LogP contribution in [0.4, 0.5) is 0 Å². The molecule has 0 bridgehead atoms. The largest absolute Gasteiger partial charge is 0.375 e. The molecular formula is C10H21NO2. The van der Waals surface area contributed by atoms with Gasteiger partial charge in [0.15, 0.2) is 0 Å². The number of Topliss-reactive ketones (excluding diaryl/α,β-unsaturated/α-hetero) is 1. The normalized spacial score (nSPS) is 11.7. The van der Waals surface area contributed by atoms with Gasteiger partial charge >= 0.3 is 0 Å². The highest BCUT2D eigenvalue weighted by molar-refractivity contribution is 5.78. The fraction of sp³-hybridized carbons (Fsp3) is 0.900. The Hall–Kier alpha value is -0.410. The molecule has 0 amide bonds. The second-order valence-corrected chi connectivity index (χ2v) is 4.10.